The predicted molar refractivity (Wildman–Crippen MR) is 181 cm³/mol. The van der Waals surface area contributed by atoms with Crippen molar-refractivity contribution in [2.24, 2.45) is 10.8 Å². The summed E-state index contributed by atoms with van der Waals surface area (Å²) in [4.78, 5) is 0. The smallest absolute Gasteiger partial charge is 0.00664 e. The Hall–Kier alpha value is -3.38. The monoisotopic (exact) mass is 532 g/mol. The fourth-order valence-electron chi connectivity index (χ4n) is 5.01. The summed E-state index contributed by atoms with van der Waals surface area (Å²) in [6.45, 7) is 22.3. The molecule has 212 valence electrons. The van der Waals surface area contributed by atoms with E-state index in [9.17, 15) is 0 Å². The Morgan fingerprint density at radius 3 is 1.20 bits per heavy atom. The molecule has 0 atom stereocenters. The average molecular weight is 533 g/mol. The summed E-state index contributed by atoms with van der Waals surface area (Å²) in [6, 6.07) is 0. The first-order valence-corrected chi connectivity index (χ1v) is 14.7. The van der Waals surface area contributed by atoms with Gasteiger partial charge in [-0.15, -0.1) is 0 Å². The Morgan fingerprint density at radius 2 is 0.850 bits per heavy atom. The molecule has 0 unspecified atom stereocenters. The zero-order valence-electron chi connectivity index (χ0n) is 26.8. The van der Waals surface area contributed by atoms with Gasteiger partial charge in [0, 0.05) is 0 Å². The topological polar surface area (TPSA) is 0 Å². The number of allylic oxidation sites excluding steroid dienone is 26. The molecular formula is C40H52. The standard InChI is InChI=1S/C40H52/c1-31(19-13-21-33(3)25-27-37-35(5)23-15-29-39(37,7)8)17-11-12-18-32(2)20-14-22-34(4)26-28-38-36(6)24-16-30-40(38,9)10/h11-28H,29-30H2,1-10H3/b12-11+,19-13+,20-14?,27-25+,28-26?,31-17+,32-18?,33-21+,34-22?. The lowest BCUT2D eigenvalue weighted by molar-refractivity contribution is 0.455. The lowest BCUT2D eigenvalue weighted by atomic mass is 9.75. The van der Waals surface area contributed by atoms with Crippen molar-refractivity contribution in [2.45, 2.75) is 82.1 Å². The van der Waals surface area contributed by atoms with Gasteiger partial charge in [0.1, 0.15) is 0 Å². The SMILES string of the molecule is CC(C=CC1=C(C)C=CCC1(C)C)=CC=CC(C)=C/C=C/C=C(C)/C=C/C=C(C)/C=C/C1=C(C)C=CCC1(C)C. The second-order valence-corrected chi connectivity index (χ2v) is 12.6. The van der Waals surface area contributed by atoms with Gasteiger partial charge in [0.2, 0.25) is 0 Å². The second-order valence-electron chi connectivity index (χ2n) is 12.6. The molecule has 0 heterocycles. The maximum atomic E-state index is 2.32. The van der Waals surface area contributed by atoms with Crippen LogP contribution in [0.1, 0.15) is 82.1 Å². The maximum Gasteiger partial charge on any atom is -0.00664 e. The lowest BCUT2D eigenvalue weighted by Gasteiger charge is -2.29. The molecule has 0 nitrogen and oxygen atoms in total. The molecule has 0 N–H and O–H groups in total. The van der Waals surface area contributed by atoms with Gasteiger partial charge in [0.25, 0.3) is 0 Å². The van der Waals surface area contributed by atoms with Gasteiger partial charge in [-0.3, -0.25) is 0 Å². The van der Waals surface area contributed by atoms with Gasteiger partial charge in [0.05, 0.1) is 0 Å². The molecule has 2 rings (SSSR count). The Kier molecular flexibility index (Phi) is 12.7. The number of rotatable bonds is 10. The van der Waals surface area contributed by atoms with Gasteiger partial charge in [-0.2, -0.15) is 0 Å². The van der Waals surface area contributed by atoms with Crippen molar-refractivity contribution in [3.8, 4) is 0 Å². The minimum Gasteiger partial charge on any atom is -0.0834 e. The first kappa shape index (κ1) is 32.8. The highest BCUT2D eigenvalue weighted by molar-refractivity contribution is 5.43. The van der Waals surface area contributed by atoms with Gasteiger partial charge in [-0.05, 0) is 87.5 Å². The molecule has 40 heavy (non-hydrogen) atoms. The van der Waals surface area contributed by atoms with Crippen molar-refractivity contribution in [3.05, 3.63) is 154 Å². The Bertz CT molecular complexity index is 1200. The van der Waals surface area contributed by atoms with Crippen LogP contribution in [0.4, 0.5) is 0 Å². The third kappa shape index (κ3) is 11.0. The summed E-state index contributed by atoms with van der Waals surface area (Å²) >= 11 is 0. The van der Waals surface area contributed by atoms with Crippen molar-refractivity contribution >= 4 is 0 Å². The van der Waals surface area contributed by atoms with Crippen LogP contribution < -0.4 is 0 Å². The molecule has 0 radical (unpaired) electrons. The van der Waals surface area contributed by atoms with E-state index in [1.807, 2.05) is 0 Å². The van der Waals surface area contributed by atoms with E-state index < -0.39 is 0 Å². The van der Waals surface area contributed by atoms with E-state index in [1.165, 1.54) is 44.6 Å². The van der Waals surface area contributed by atoms with Crippen LogP contribution in [0.2, 0.25) is 0 Å². The normalized spacial score (nSPS) is 21.1. The summed E-state index contributed by atoms with van der Waals surface area (Å²) < 4.78 is 0. The molecule has 0 aromatic heterocycles. The van der Waals surface area contributed by atoms with E-state index in [-0.39, 0.29) is 10.8 Å². The quantitative estimate of drug-likeness (QED) is 0.245. The van der Waals surface area contributed by atoms with Crippen molar-refractivity contribution in [1.29, 1.82) is 0 Å². The van der Waals surface area contributed by atoms with Crippen LogP contribution in [-0.4, -0.2) is 0 Å². The molecule has 0 saturated heterocycles. The molecule has 0 aliphatic heterocycles. The zero-order valence-corrected chi connectivity index (χ0v) is 26.8. The average Bonchev–Trinajstić information content (AvgIpc) is 2.85. The minimum atomic E-state index is 0.203. The lowest BCUT2D eigenvalue weighted by Crippen LogP contribution is -2.16. The van der Waals surface area contributed by atoms with Gasteiger partial charge in [0.15, 0.2) is 0 Å². The maximum absolute atomic E-state index is 2.32. The minimum absolute atomic E-state index is 0.203. The Morgan fingerprint density at radius 1 is 0.525 bits per heavy atom. The van der Waals surface area contributed by atoms with Crippen LogP contribution in [0.5, 0.6) is 0 Å². The molecule has 0 bridgehead atoms. The van der Waals surface area contributed by atoms with Crippen LogP contribution in [0.15, 0.2) is 154 Å². The molecule has 0 aromatic carbocycles. The third-order valence-electron chi connectivity index (χ3n) is 7.59. The molecule has 0 heteroatoms. The van der Waals surface area contributed by atoms with Crippen LogP contribution in [0.25, 0.3) is 0 Å². The van der Waals surface area contributed by atoms with Gasteiger partial charge < -0.3 is 0 Å². The first-order chi connectivity index (χ1) is 18.8. The summed E-state index contributed by atoms with van der Waals surface area (Å²) in [5, 5.41) is 0. The van der Waals surface area contributed by atoms with Gasteiger partial charge in [-0.25, -0.2) is 0 Å². The highest BCUT2D eigenvalue weighted by atomic mass is 14.3. The van der Waals surface area contributed by atoms with Gasteiger partial charge >= 0.3 is 0 Å². The Balaban J connectivity index is 1.90. The molecule has 2 aliphatic carbocycles. The van der Waals surface area contributed by atoms with Crippen LogP contribution >= 0.6 is 0 Å². The summed E-state index contributed by atoms with van der Waals surface area (Å²) in [5.74, 6) is 0. The van der Waals surface area contributed by atoms with E-state index in [2.05, 4.69) is 179 Å². The largest absolute Gasteiger partial charge is 0.0834 e. The highest BCUT2D eigenvalue weighted by Crippen LogP contribution is 2.38. The van der Waals surface area contributed by atoms with Crippen LogP contribution in [-0.2, 0) is 0 Å². The molecule has 0 saturated carbocycles. The van der Waals surface area contributed by atoms with Crippen molar-refractivity contribution in [3.63, 3.8) is 0 Å². The third-order valence-corrected chi connectivity index (χ3v) is 7.59. The molecule has 0 spiro atoms. The molecule has 0 aromatic rings. The summed E-state index contributed by atoms with van der Waals surface area (Å²) in [5.41, 5.74) is 10.9. The second kappa shape index (κ2) is 15.4. The molecule has 2 aliphatic rings. The molecule has 0 amide bonds. The van der Waals surface area contributed by atoms with Crippen LogP contribution in [0, 0.1) is 10.8 Å². The summed E-state index contributed by atoms with van der Waals surface area (Å²) in [6.07, 6.45) is 41.6. The van der Waals surface area contributed by atoms with Crippen molar-refractivity contribution in [1.82, 2.24) is 0 Å². The van der Waals surface area contributed by atoms with E-state index in [0.29, 0.717) is 0 Å². The van der Waals surface area contributed by atoms with Crippen molar-refractivity contribution < 1.29 is 0 Å². The number of hydrogen-bond donors (Lipinski definition) is 0. The molecular weight excluding hydrogens is 480 g/mol. The predicted octanol–water partition coefficient (Wildman–Crippen LogP) is 12.2. The first-order valence-electron chi connectivity index (χ1n) is 14.7. The zero-order chi connectivity index (χ0) is 29.8. The van der Waals surface area contributed by atoms with Gasteiger partial charge in [-0.1, -0.05) is 159 Å². The Labute approximate surface area is 246 Å². The summed E-state index contributed by atoms with van der Waals surface area (Å²) in [7, 11) is 0. The van der Waals surface area contributed by atoms with E-state index in [4.69, 9.17) is 0 Å². The highest BCUT2D eigenvalue weighted by Gasteiger charge is 2.24. The van der Waals surface area contributed by atoms with Crippen molar-refractivity contribution in [2.75, 3.05) is 0 Å². The fraction of sp³-hybridized carbons (Fsp3) is 0.350. The van der Waals surface area contributed by atoms with E-state index in [1.54, 1.807) is 0 Å². The van der Waals surface area contributed by atoms with Crippen LogP contribution in [0.3, 0.4) is 0 Å². The molecule has 0 fully saturated rings. The van der Waals surface area contributed by atoms with E-state index >= 15 is 0 Å². The van der Waals surface area contributed by atoms with E-state index in [0.717, 1.165) is 12.8 Å². The fourth-order valence-corrected chi connectivity index (χ4v) is 5.01. The number of hydrogen-bond acceptors (Lipinski definition) is 0.